The number of allylic oxidation sites excluding steroid dienone is 2. The summed E-state index contributed by atoms with van der Waals surface area (Å²) < 4.78 is 10.9. The van der Waals surface area contributed by atoms with E-state index in [1.54, 1.807) is 7.11 Å². The predicted molar refractivity (Wildman–Crippen MR) is 72.2 cm³/mol. The number of hydrogen-bond donors (Lipinski definition) is 0. The second-order valence-corrected chi connectivity index (χ2v) is 5.08. The van der Waals surface area contributed by atoms with Crippen molar-refractivity contribution in [3.8, 4) is 5.75 Å². The molecule has 0 aromatic heterocycles. The summed E-state index contributed by atoms with van der Waals surface area (Å²) in [5, 5.41) is 0. The van der Waals surface area contributed by atoms with Gasteiger partial charge in [-0.05, 0) is 30.5 Å². The maximum atomic E-state index is 12.2. The van der Waals surface area contributed by atoms with Crippen molar-refractivity contribution in [2.75, 3.05) is 13.7 Å². The highest BCUT2D eigenvalue weighted by Gasteiger charge is 2.32. The van der Waals surface area contributed by atoms with Crippen LogP contribution in [0, 0.1) is 0 Å². The molecular formula is C16H18O3. The van der Waals surface area contributed by atoms with Gasteiger partial charge in [-0.15, -0.1) is 0 Å². The van der Waals surface area contributed by atoms with Crippen LogP contribution in [-0.4, -0.2) is 19.5 Å². The maximum Gasteiger partial charge on any atom is 0.162 e. The van der Waals surface area contributed by atoms with Gasteiger partial charge in [-0.3, -0.25) is 4.79 Å². The van der Waals surface area contributed by atoms with Gasteiger partial charge in [0, 0.05) is 24.3 Å². The minimum Gasteiger partial charge on any atom is -0.497 e. The Morgan fingerprint density at radius 1 is 1.21 bits per heavy atom. The van der Waals surface area contributed by atoms with Crippen LogP contribution in [-0.2, 0) is 9.53 Å². The van der Waals surface area contributed by atoms with E-state index in [1.165, 1.54) is 5.56 Å². The molecule has 3 nitrogen and oxygen atoms in total. The van der Waals surface area contributed by atoms with E-state index in [2.05, 4.69) is 12.1 Å². The topological polar surface area (TPSA) is 35.5 Å². The Bertz CT molecular complexity index is 509. The van der Waals surface area contributed by atoms with Gasteiger partial charge in [0.05, 0.1) is 13.7 Å². The first-order valence-electron chi connectivity index (χ1n) is 6.82. The van der Waals surface area contributed by atoms with E-state index in [1.807, 2.05) is 12.1 Å². The summed E-state index contributed by atoms with van der Waals surface area (Å²) in [7, 11) is 1.66. The third kappa shape index (κ3) is 2.25. The lowest BCUT2D eigenvalue weighted by molar-refractivity contribution is -0.117. The molecule has 1 aromatic rings. The van der Waals surface area contributed by atoms with E-state index in [9.17, 15) is 4.79 Å². The third-order valence-electron chi connectivity index (χ3n) is 3.96. The smallest absolute Gasteiger partial charge is 0.162 e. The van der Waals surface area contributed by atoms with Crippen molar-refractivity contribution in [3.63, 3.8) is 0 Å². The van der Waals surface area contributed by atoms with Crippen molar-refractivity contribution >= 4 is 5.78 Å². The highest BCUT2D eigenvalue weighted by molar-refractivity contribution is 5.98. The lowest BCUT2D eigenvalue weighted by Crippen LogP contribution is -2.24. The van der Waals surface area contributed by atoms with Crippen LogP contribution in [0.3, 0.4) is 0 Å². The number of hydrogen-bond acceptors (Lipinski definition) is 3. The van der Waals surface area contributed by atoms with Gasteiger partial charge in [0.1, 0.15) is 11.5 Å². The van der Waals surface area contributed by atoms with Crippen LogP contribution in [0.25, 0.3) is 0 Å². The summed E-state index contributed by atoms with van der Waals surface area (Å²) in [6.07, 6.45) is 3.38. The van der Waals surface area contributed by atoms with Gasteiger partial charge in [-0.25, -0.2) is 0 Å². The molecule has 3 heteroatoms. The molecule has 3 rings (SSSR count). The third-order valence-corrected chi connectivity index (χ3v) is 3.96. The summed E-state index contributed by atoms with van der Waals surface area (Å²) in [6.45, 7) is 0.711. The molecule has 19 heavy (non-hydrogen) atoms. The van der Waals surface area contributed by atoms with Crippen LogP contribution in [0.15, 0.2) is 35.6 Å². The first-order chi connectivity index (χ1) is 9.29. The molecule has 1 aromatic carbocycles. The van der Waals surface area contributed by atoms with Crippen molar-refractivity contribution in [1.29, 1.82) is 0 Å². The first kappa shape index (κ1) is 12.3. The number of ketones is 1. The highest BCUT2D eigenvalue weighted by atomic mass is 16.5. The Balaban J connectivity index is 1.96. The summed E-state index contributed by atoms with van der Waals surface area (Å²) in [6, 6.07) is 8.03. The average Bonchev–Trinajstić information content (AvgIpc) is 2.47. The number of rotatable bonds is 2. The Hall–Kier alpha value is -1.77. The fourth-order valence-corrected chi connectivity index (χ4v) is 2.99. The Morgan fingerprint density at radius 3 is 2.74 bits per heavy atom. The van der Waals surface area contributed by atoms with Gasteiger partial charge in [0.2, 0.25) is 0 Å². The number of methoxy groups -OCH3 is 1. The fourth-order valence-electron chi connectivity index (χ4n) is 2.99. The number of ether oxygens (including phenoxy) is 2. The summed E-state index contributed by atoms with van der Waals surface area (Å²) in [5.41, 5.74) is 2.11. The van der Waals surface area contributed by atoms with Crippen molar-refractivity contribution in [1.82, 2.24) is 0 Å². The number of carbonyl (C=O) groups excluding carboxylic acids is 1. The largest absolute Gasteiger partial charge is 0.497 e. The van der Waals surface area contributed by atoms with Crippen molar-refractivity contribution in [2.24, 2.45) is 0 Å². The molecule has 1 unspecified atom stereocenters. The normalized spacial score (nSPS) is 22.8. The molecule has 1 aliphatic carbocycles. The zero-order valence-corrected chi connectivity index (χ0v) is 11.1. The van der Waals surface area contributed by atoms with Crippen LogP contribution >= 0.6 is 0 Å². The Labute approximate surface area is 113 Å². The summed E-state index contributed by atoms with van der Waals surface area (Å²) in [4.78, 5) is 12.2. The van der Waals surface area contributed by atoms with Crippen molar-refractivity contribution < 1.29 is 14.3 Å². The van der Waals surface area contributed by atoms with E-state index >= 15 is 0 Å². The molecule has 1 atom stereocenters. The van der Waals surface area contributed by atoms with Crippen LogP contribution in [0.4, 0.5) is 0 Å². The van der Waals surface area contributed by atoms with Crippen LogP contribution in [0.5, 0.6) is 5.75 Å². The van der Waals surface area contributed by atoms with E-state index in [0.717, 1.165) is 36.3 Å². The second-order valence-electron chi connectivity index (χ2n) is 5.08. The zero-order valence-electron chi connectivity index (χ0n) is 11.1. The monoisotopic (exact) mass is 258 g/mol. The minimum absolute atomic E-state index is 0.197. The van der Waals surface area contributed by atoms with Crippen LogP contribution < -0.4 is 4.74 Å². The van der Waals surface area contributed by atoms with E-state index < -0.39 is 0 Å². The molecule has 0 bridgehead atoms. The lowest BCUT2D eigenvalue weighted by Gasteiger charge is -2.31. The minimum atomic E-state index is 0.197. The SMILES string of the molecule is COc1ccc(C2CCOC3=C2C(=O)CCC3)cc1. The molecule has 0 amide bonds. The molecular weight excluding hydrogens is 240 g/mol. The van der Waals surface area contributed by atoms with Crippen LogP contribution in [0.1, 0.15) is 37.2 Å². The molecule has 0 spiro atoms. The molecule has 100 valence electrons. The van der Waals surface area contributed by atoms with Gasteiger partial charge in [-0.2, -0.15) is 0 Å². The molecule has 0 radical (unpaired) electrons. The molecule has 0 fully saturated rings. The molecule has 1 heterocycles. The van der Waals surface area contributed by atoms with Gasteiger partial charge in [0.25, 0.3) is 0 Å². The van der Waals surface area contributed by atoms with Crippen molar-refractivity contribution in [2.45, 2.75) is 31.6 Å². The van der Waals surface area contributed by atoms with E-state index in [0.29, 0.717) is 13.0 Å². The Morgan fingerprint density at radius 2 is 2.00 bits per heavy atom. The average molecular weight is 258 g/mol. The second kappa shape index (κ2) is 5.08. The molecule has 0 saturated carbocycles. The van der Waals surface area contributed by atoms with Crippen LogP contribution in [0.2, 0.25) is 0 Å². The standard InChI is InChI=1S/C16H18O3/c1-18-12-7-5-11(6-8-12)13-9-10-19-15-4-2-3-14(17)16(13)15/h5-8,13H,2-4,9-10H2,1H3. The predicted octanol–water partition coefficient (Wildman–Crippen LogP) is 3.21. The zero-order chi connectivity index (χ0) is 13.2. The maximum absolute atomic E-state index is 12.2. The van der Waals surface area contributed by atoms with Gasteiger partial charge < -0.3 is 9.47 Å². The molecule has 2 aliphatic rings. The number of Topliss-reactive ketones (excluding diaryl/α,β-unsaturated/α-hetero) is 1. The lowest BCUT2D eigenvalue weighted by atomic mass is 9.80. The van der Waals surface area contributed by atoms with Gasteiger partial charge in [-0.1, -0.05) is 12.1 Å². The van der Waals surface area contributed by atoms with E-state index in [4.69, 9.17) is 9.47 Å². The highest BCUT2D eigenvalue weighted by Crippen LogP contribution is 2.39. The molecule has 0 saturated heterocycles. The number of carbonyl (C=O) groups is 1. The van der Waals surface area contributed by atoms with E-state index in [-0.39, 0.29) is 11.7 Å². The Kier molecular flexibility index (Phi) is 3.28. The summed E-state index contributed by atoms with van der Waals surface area (Å²) in [5.74, 6) is 2.24. The molecule has 0 N–H and O–H groups in total. The molecule has 1 aliphatic heterocycles. The van der Waals surface area contributed by atoms with Gasteiger partial charge >= 0.3 is 0 Å². The fraction of sp³-hybridized carbons (Fsp3) is 0.438. The van der Waals surface area contributed by atoms with Gasteiger partial charge in [0.15, 0.2) is 5.78 Å². The van der Waals surface area contributed by atoms with Crippen molar-refractivity contribution in [3.05, 3.63) is 41.2 Å². The summed E-state index contributed by atoms with van der Waals surface area (Å²) >= 11 is 0. The number of benzene rings is 1. The quantitative estimate of drug-likeness (QED) is 0.817. The first-order valence-corrected chi connectivity index (χ1v) is 6.82.